The third kappa shape index (κ3) is 3.18. The minimum Gasteiger partial charge on any atom is -0.366 e. The standard InChI is InChI=1S/C13H16N4O/c14-13(18)12-4-2-1-3-11(12)9-15-5-7-17-8-6-16-10-17/h1-4,6,8,10,15H,5,7,9H2,(H2,14,18). The van der Waals surface area contributed by atoms with Crippen LogP contribution in [0.1, 0.15) is 15.9 Å². The Morgan fingerprint density at radius 3 is 2.94 bits per heavy atom. The summed E-state index contributed by atoms with van der Waals surface area (Å²) in [6.45, 7) is 2.29. The van der Waals surface area contributed by atoms with E-state index in [0.29, 0.717) is 12.1 Å². The van der Waals surface area contributed by atoms with Crippen LogP contribution in [0.3, 0.4) is 0 Å². The number of rotatable bonds is 6. The van der Waals surface area contributed by atoms with Crippen LogP contribution in [0.15, 0.2) is 43.0 Å². The SMILES string of the molecule is NC(=O)c1ccccc1CNCCn1ccnc1. The van der Waals surface area contributed by atoms with E-state index in [1.54, 1.807) is 18.6 Å². The third-order valence-electron chi connectivity index (χ3n) is 2.70. The first-order valence-corrected chi connectivity index (χ1v) is 5.81. The Morgan fingerprint density at radius 2 is 2.22 bits per heavy atom. The van der Waals surface area contributed by atoms with Crippen molar-refractivity contribution in [3.8, 4) is 0 Å². The number of primary amides is 1. The largest absolute Gasteiger partial charge is 0.366 e. The van der Waals surface area contributed by atoms with Crippen LogP contribution in [0.25, 0.3) is 0 Å². The Labute approximate surface area is 106 Å². The summed E-state index contributed by atoms with van der Waals surface area (Å²) in [6, 6.07) is 7.37. The van der Waals surface area contributed by atoms with Gasteiger partial charge in [0.25, 0.3) is 0 Å². The van der Waals surface area contributed by atoms with Gasteiger partial charge in [0.15, 0.2) is 0 Å². The number of amides is 1. The number of nitrogens with one attached hydrogen (secondary N) is 1. The van der Waals surface area contributed by atoms with Crippen LogP contribution in [-0.4, -0.2) is 22.0 Å². The molecule has 2 aromatic rings. The summed E-state index contributed by atoms with van der Waals surface area (Å²) in [5, 5.41) is 3.28. The van der Waals surface area contributed by atoms with Crippen LogP contribution in [0, 0.1) is 0 Å². The van der Waals surface area contributed by atoms with Crippen LogP contribution in [-0.2, 0) is 13.1 Å². The number of hydrogen-bond donors (Lipinski definition) is 2. The van der Waals surface area contributed by atoms with Crippen LogP contribution in [0.4, 0.5) is 0 Å². The van der Waals surface area contributed by atoms with E-state index in [4.69, 9.17) is 5.73 Å². The van der Waals surface area contributed by atoms with Gasteiger partial charge in [0.05, 0.1) is 6.33 Å². The smallest absolute Gasteiger partial charge is 0.249 e. The molecule has 0 unspecified atom stereocenters. The molecule has 94 valence electrons. The molecule has 0 aliphatic rings. The number of imidazole rings is 1. The molecular weight excluding hydrogens is 228 g/mol. The fourth-order valence-corrected chi connectivity index (χ4v) is 1.77. The number of hydrogen-bond acceptors (Lipinski definition) is 3. The van der Waals surface area contributed by atoms with Crippen molar-refractivity contribution >= 4 is 5.91 Å². The number of carbonyl (C=O) groups is 1. The summed E-state index contributed by atoms with van der Waals surface area (Å²) in [4.78, 5) is 15.2. The summed E-state index contributed by atoms with van der Waals surface area (Å²) < 4.78 is 1.99. The highest BCUT2D eigenvalue weighted by molar-refractivity contribution is 5.94. The van der Waals surface area contributed by atoms with E-state index in [2.05, 4.69) is 10.3 Å². The molecule has 0 aliphatic heterocycles. The van der Waals surface area contributed by atoms with Gasteiger partial charge in [0, 0.05) is 37.6 Å². The van der Waals surface area contributed by atoms with Crippen LogP contribution < -0.4 is 11.1 Å². The molecule has 1 aromatic heterocycles. The highest BCUT2D eigenvalue weighted by atomic mass is 16.1. The van der Waals surface area contributed by atoms with Crippen molar-refractivity contribution in [1.29, 1.82) is 0 Å². The first-order chi connectivity index (χ1) is 8.77. The van der Waals surface area contributed by atoms with Gasteiger partial charge in [-0.3, -0.25) is 4.79 Å². The second kappa shape index (κ2) is 5.97. The third-order valence-corrected chi connectivity index (χ3v) is 2.70. The molecule has 0 fully saturated rings. The molecule has 5 heteroatoms. The van der Waals surface area contributed by atoms with E-state index >= 15 is 0 Å². The Morgan fingerprint density at radius 1 is 1.39 bits per heavy atom. The van der Waals surface area contributed by atoms with E-state index in [0.717, 1.165) is 18.7 Å². The minimum atomic E-state index is -0.387. The van der Waals surface area contributed by atoms with Crippen LogP contribution in [0.2, 0.25) is 0 Å². The number of nitrogens with two attached hydrogens (primary N) is 1. The maximum atomic E-state index is 11.2. The summed E-state index contributed by atoms with van der Waals surface area (Å²) in [5.74, 6) is -0.387. The van der Waals surface area contributed by atoms with Gasteiger partial charge in [0.1, 0.15) is 0 Å². The normalized spacial score (nSPS) is 10.4. The van der Waals surface area contributed by atoms with E-state index in [9.17, 15) is 4.79 Å². The van der Waals surface area contributed by atoms with Gasteiger partial charge in [-0.05, 0) is 11.6 Å². The number of aromatic nitrogens is 2. The number of nitrogens with zero attached hydrogens (tertiary/aromatic N) is 2. The summed E-state index contributed by atoms with van der Waals surface area (Å²) in [7, 11) is 0. The van der Waals surface area contributed by atoms with E-state index < -0.39 is 0 Å². The van der Waals surface area contributed by atoms with Crippen LogP contribution in [0.5, 0.6) is 0 Å². The van der Waals surface area contributed by atoms with Gasteiger partial charge in [-0.1, -0.05) is 18.2 Å². The average Bonchev–Trinajstić information content (AvgIpc) is 2.88. The van der Waals surface area contributed by atoms with Crippen molar-refractivity contribution in [3.05, 3.63) is 54.1 Å². The van der Waals surface area contributed by atoms with E-state index in [-0.39, 0.29) is 5.91 Å². The maximum Gasteiger partial charge on any atom is 0.249 e. The molecule has 0 saturated heterocycles. The van der Waals surface area contributed by atoms with Crippen molar-refractivity contribution in [2.75, 3.05) is 6.54 Å². The van der Waals surface area contributed by atoms with Gasteiger partial charge in [-0.2, -0.15) is 0 Å². The molecule has 5 nitrogen and oxygen atoms in total. The molecule has 2 rings (SSSR count). The van der Waals surface area contributed by atoms with E-state index in [1.807, 2.05) is 29.0 Å². The maximum absolute atomic E-state index is 11.2. The summed E-state index contributed by atoms with van der Waals surface area (Å²) in [5.41, 5.74) is 6.82. The molecule has 0 saturated carbocycles. The lowest BCUT2D eigenvalue weighted by molar-refractivity contribution is 0.0999. The second-order valence-corrected chi connectivity index (χ2v) is 4.00. The van der Waals surface area contributed by atoms with Crippen molar-refractivity contribution in [2.45, 2.75) is 13.1 Å². The quantitative estimate of drug-likeness (QED) is 0.737. The topological polar surface area (TPSA) is 72.9 Å². The van der Waals surface area contributed by atoms with Crippen molar-refractivity contribution < 1.29 is 4.79 Å². The molecule has 0 radical (unpaired) electrons. The monoisotopic (exact) mass is 244 g/mol. The molecule has 0 aliphatic carbocycles. The molecule has 0 atom stereocenters. The molecule has 0 bridgehead atoms. The van der Waals surface area contributed by atoms with E-state index in [1.165, 1.54) is 0 Å². The molecular formula is C13H16N4O. The molecule has 3 N–H and O–H groups in total. The minimum absolute atomic E-state index is 0.387. The fourth-order valence-electron chi connectivity index (χ4n) is 1.77. The van der Waals surface area contributed by atoms with Gasteiger partial charge in [0.2, 0.25) is 5.91 Å². The lowest BCUT2D eigenvalue weighted by Gasteiger charge is -2.08. The molecule has 1 amide bonds. The highest BCUT2D eigenvalue weighted by Crippen LogP contribution is 2.07. The lowest BCUT2D eigenvalue weighted by Crippen LogP contribution is -2.22. The van der Waals surface area contributed by atoms with Gasteiger partial charge >= 0.3 is 0 Å². The van der Waals surface area contributed by atoms with Crippen molar-refractivity contribution in [1.82, 2.24) is 14.9 Å². The first-order valence-electron chi connectivity index (χ1n) is 5.81. The molecule has 18 heavy (non-hydrogen) atoms. The molecule has 1 heterocycles. The van der Waals surface area contributed by atoms with Gasteiger partial charge in [-0.25, -0.2) is 4.98 Å². The Balaban J connectivity index is 1.85. The summed E-state index contributed by atoms with van der Waals surface area (Å²) >= 11 is 0. The zero-order valence-electron chi connectivity index (χ0n) is 10.0. The number of benzene rings is 1. The predicted molar refractivity (Wildman–Crippen MR) is 68.9 cm³/mol. The average molecular weight is 244 g/mol. The zero-order chi connectivity index (χ0) is 12.8. The fraction of sp³-hybridized carbons (Fsp3) is 0.231. The first kappa shape index (κ1) is 12.3. The lowest BCUT2D eigenvalue weighted by atomic mass is 10.1. The zero-order valence-corrected chi connectivity index (χ0v) is 10.0. The molecule has 0 spiro atoms. The van der Waals surface area contributed by atoms with Gasteiger partial charge < -0.3 is 15.6 Å². The van der Waals surface area contributed by atoms with Crippen LogP contribution >= 0.6 is 0 Å². The second-order valence-electron chi connectivity index (χ2n) is 4.00. The summed E-state index contributed by atoms with van der Waals surface area (Å²) in [6.07, 6.45) is 5.44. The predicted octanol–water partition coefficient (Wildman–Crippen LogP) is 0.772. The van der Waals surface area contributed by atoms with Crippen molar-refractivity contribution in [3.63, 3.8) is 0 Å². The Kier molecular flexibility index (Phi) is 4.09. The molecule has 1 aromatic carbocycles. The Hall–Kier alpha value is -2.14. The highest BCUT2D eigenvalue weighted by Gasteiger charge is 2.05. The van der Waals surface area contributed by atoms with Gasteiger partial charge in [-0.15, -0.1) is 0 Å². The number of carbonyl (C=O) groups excluding carboxylic acids is 1. The Bertz CT molecular complexity index is 507. The van der Waals surface area contributed by atoms with Crippen molar-refractivity contribution in [2.24, 2.45) is 5.73 Å².